The average Bonchev–Trinajstić information content (AvgIpc) is 2.59. The quantitative estimate of drug-likeness (QED) is 0.844. The second-order valence-electron chi connectivity index (χ2n) is 4.77. The van der Waals surface area contributed by atoms with Gasteiger partial charge in [-0.1, -0.05) is 18.2 Å². The van der Waals surface area contributed by atoms with Gasteiger partial charge >= 0.3 is 12.3 Å². The van der Waals surface area contributed by atoms with Crippen molar-refractivity contribution in [3.05, 3.63) is 53.5 Å². The first-order chi connectivity index (χ1) is 11.5. The number of carbonyl (C=O) groups is 2. The maximum Gasteiger partial charge on any atom is 0.514 e. The largest absolute Gasteiger partial charge is 0.514 e. The summed E-state index contributed by atoms with van der Waals surface area (Å²) < 4.78 is 19.6. The number of anilines is 1. The molecule has 0 spiro atoms. The number of para-hydroxylation sites is 1. The summed E-state index contributed by atoms with van der Waals surface area (Å²) in [5.74, 6) is 0.245. The summed E-state index contributed by atoms with van der Waals surface area (Å²) >= 11 is 0. The monoisotopic (exact) mass is 334 g/mol. The van der Waals surface area contributed by atoms with Gasteiger partial charge in [0.1, 0.15) is 0 Å². The van der Waals surface area contributed by atoms with E-state index < -0.39 is 12.3 Å². The smallest absolute Gasteiger partial charge is 0.437 e. The molecule has 1 aromatic rings. The van der Waals surface area contributed by atoms with Gasteiger partial charge in [0.05, 0.1) is 31.3 Å². The molecule has 128 valence electrons. The lowest BCUT2D eigenvalue weighted by atomic mass is 10.2. The molecule has 1 N–H and O–H groups in total. The van der Waals surface area contributed by atoms with Gasteiger partial charge in [0.15, 0.2) is 0 Å². The maximum absolute atomic E-state index is 11.6. The van der Waals surface area contributed by atoms with Crippen LogP contribution in [0.1, 0.15) is 13.8 Å². The van der Waals surface area contributed by atoms with Gasteiger partial charge in [0.2, 0.25) is 11.8 Å². The van der Waals surface area contributed by atoms with Gasteiger partial charge in [-0.25, -0.2) is 14.5 Å². The van der Waals surface area contributed by atoms with E-state index in [1.807, 2.05) is 6.07 Å². The Morgan fingerprint density at radius 3 is 1.75 bits per heavy atom. The Morgan fingerprint density at radius 2 is 1.33 bits per heavy atom. The second-order valence-corrected chi connectivity index (χ2v) is 4.77. The minimum absolute atomic E-state index is 0.123. The van der Waals surface area contributed by atoms with Gasteiger partial charge in [0, 0.05) is 0 Å². The molecule has 8 heteroatoms. The summed E-state index contributed by atoms with van der Waals surface area (Å²) in [5.41, 5.74) is 1.70. The Labute approximate surface area is 139 Å². The molecule has 1 heterocycles. The number of benzene rings is 1. The van der Waals surface area contributed by atoms with Gasteiger partial charge < -0.3 is 24.3 Å². The fourth-order valence-electron chi connectivity index (χ4n) is 2.11. The molecule has 0 radical (unpaired) electrons. The fourth-order valence-corrected chi connectivity index (χ4v) is 2.11. The summed E-state index contributed by atoms with van der Waals surface area (Å²) in [6.07, 6.45) is -1.80. The third kappa shape index (κ3) is 3.60. The van der Waals surface area contributed by atoms with E-state index in [1.54, 1.807) is 38.1 Å². The van der Waals surface area contributed by atoms with Crippen LogP contribution in [0, 0.1) is 0 Å². The Balaban J connectivity index is 2.50. The van der Waals surface area contributed by atoms with Crippen molar-refractivity contribution < 1.29 is 28.5 Å². The molecule has 0 saturated heterocycles. The molecule has 24 heavy (non-hydrogen) atoms. The molecule has 0 unspecified atom stereocenters. The van der Waals surface area contributed by atoms with E-state index in [0.717, 1.165) is 0 Å². The molecule has 0 aliphatic carbocycles. The first-order valence-corrected chi connectivity index (χ1v) is 7.03. The van der Waals surface area contributed by atoms with E-state index in [0.29, 0.717) is 17.1 Å². The topological polar surface area (TPSA) is 86.3 Å². The highest BCUT2D eigenvalue weighted by atomic mass is 16.7. The maximum atomic E-state index is 11.6. The Hall–Kier alpha value is -3.16. The van der Waals surface area contributed by atoms with Gasteiger partial charge in [-0.15, -0.1) is 0 Å². The predicted octanol–water partition coefficient (Wildman–Crippen LogP) is 3.04. The highest BCUT2D eigenvalue weighted by Crippen LogP contribution is 2.32. The van der Waals surface area contributed by atoms with Crippen molar-refractivity contribution in [2.45, 2.75) is 13.8 Å². The number of hydrogen-bond donors (Lipinski definition) is 1. The van der Waals surface area contributed by atoms with Crippen molar-refractivity contribution in [2.24, 2.45) is 0 Å². The molecule has 0 aromatic heterocycles. The van der Waals surface area contributed by atoms with E-state index in [9.17, 15) is 9.59 Å². The summed E-state index contributed by atoms with van der Waals surface area (Å²) in [7, 11) is 2.41. The number of ether oxygens (including phenoxy) is 4. The van der Waals surface area contributed by atoms with Crippen molar-refractivity contribution in [1.29, 1.82) is 0 Å². The van der Waals surface area contributed by atoms with Gasteiger partial charge in [-0.05, 0) is 26.0 Å². The standard InChI is InChI=1S/C16H18N2O6/c1-10-13(23-15(19)21-3)18(12-8-6-5-7-9-12)14(11(2)17-10)24-16(20)22-4/h5-9,17H,1-4H3. The van der Waals surface area contributed by atoms with Crippen molar-refractivity contribution in [3.63, 3.8) is 0 Å². The van der Waals surface area contributed by atoms with Crippen LogP contribution in [0.25, 0.3) is 0 Å². The number of hydrogen-bond acceptors (Lipinski definition) is 8. The minimum atomic E-state index is -0.899. The molecule has 0 atom stereocenters. The number of nitrogens with zero attached hydrogens (tertiary/aromatic N) is 1. The van der Waals surface area contributed by atoms with Crippen LogP contribution in [0.5, 0.6) is 0 Å². The zero-order valence-electron chi connectivity index (χ0n) is 13.8. The van der Waals surface area contributed by atoms with Crippen molar-refractivity contribution in [1.82, 2.24) is 5.32 Å². The van der Waals surface area contributed by atoms with E-state index >= 15 is 0 Å². The summed E-state index contributed by atoms with van der Waals surface area (Å²) in [6, 6.07) is 8.97. The lowest BCUT2D eigenvalue weighted by Gasteiger charge is -2.33. The number of allylic oxidation sites excluding steroid dienone is 2. The Kier molecular flexibility index (Phi) is 5.31. The van der Waals surface area contributed by atoms with Gasteiger partial charge in [-0.3, -0.25) is 0 Å². The van der Waals surface area contributed by atoms with E-state index in [-0.39, 0.29) is 11.8 Å². The fraction of sp³-hybridized carbons (Fsp3) is 0.250. The van der Waals surface area contributed by atoms with Gasteiger partial charge in [0.25, 0.3) is 0 Å². The molecule has 8 nitrogen and oxygen atoms in total. The number of nitrogens with one attached hydrogen (secondary N) is 1. The number of rotatable bonds is 3. The molecule has 1 aromatic carbocycles. The zero-order valence-corrected chi connectivity index (χ0v) is 13.8. The molecule has 1 aliphatic heterocycles. The normalized spacial score (nSPS) is 14.1. The summed E-state index contributed by atoms with van der Waals surface area (Å²) in [5, 5.41) is 2.99. The van der Waals surface area contributed by atoms with Crippen molar-refractivity contribution in [3.8, 4) is 0 Å². The molecule has 0 amide bonds. The Bertz CT molecular complexity index is 656. The highest BCUT2D eigenvalue weighted by Gasteiger charge is 2.32. The van der Waals surface area contributed by atoms with E-state index in [4.69, 9.17) is 9.47 Å². The van der Waals surface area contributed by atoms with Gasteiger partial charge in [-0.2, -0.15) is 0 Å². The van der Waals surface area contributed by atoms with Crippen LogP contribution in [0.15, 0.2) is 53.5 Å². The van der Waals surface area contributed by atoms with Crippen LogP contribution < -0.4 is 10.2 Å². The third-order valence-electron chi connectivity index (χ3n) is 3.13. The van der Waals surface area contributed by atoms with Crippen LogP contribution in [-0.2, 0) is 18.9 Å². The van der Waals surface area contributed by atoms with Crippen LogP contribution in [0.2, 0.25) is 0 Å². The van der Waals surface area contributed by atoms with E-state index in [2.05, 4.69) is 14.8 Å². The van der Waals surface area contributed by atoms with Crippen LogP contribution >= 0.6 is 0 Å². The molecular weight excluding hydrogens is 316 g/mol. The second kappa shape index (κ2) is 7.40. The van der Waals surface area contributed by atoms with E-state index in [1.165, 1.54) is 19.1 Å². The average molecular weight is 334 g/mol. The van der Waals surface area contributed by atoms with Crippen LogP contribution in [0.4, 0.5) is 15.3 Å². The Morgan fingerprint density at radius 1 is 0.875 bits per heavy atom. The van der Waals surface area contributed by atoms with Crippen molar-refractivity contribution >= 4 is 18.0 Å². The number of carbonyl (C=O) groups excluding carboxylic acids is 2. The van der Waals surface area contributed by atoms with Crippen LogP contribution in [-0.4, -0.2) is 26.5 Å². The first-order valence-electron chi connectivity index (χ1n) is 7.03. The van der Waals surface area contributed by atoms with Crippen LogP contribution in [0.3, 0.4) is 0 Å². The SMILES string of the molecule is COC(=O)OC1=C(C)NC(C)=C(OC(=O)OC)N1c1ccccc1. The zero-order chi connectivity index (χ0) is 17.7. The minimum Gasteiger partial charge on any atom is -0.437 e. The summed E-state index contributed by atoms with van der Waals surface area (Å²) in [4.78, 5) is 24.7. The van der Waals surface area contributed by atoms with Crippen molar-refractivity contribution in [2.75, 3.05) is 19.1 Å². The lowest BCUT2D eigenvalue weighted by molar-refractivity contribution is 0.0832. The molecule has 1 aliphatic rings. The number of methoxy groups -OCH3 is 2. The molecular formula is C16H18N2O6. The molecule has 0 bridgehead atoms. The molecule has 0 fully saturated rings. The molecule has 2 rings (SSSR count). The summed E-state index contributed by atoms with van der Waals surface area (Å²) in [6.45, 7) is 3.43. The first kappa shape index (κ1) is 17.2. The predicted molar refractivity (Wildman–Crippen MR) is 84.4 cm³/mol. The third-order valence-corrected chi connectivity index (χ3v) is 3.13. The molecule has 0 saturated carbocycles. The highest BCUT2D eigenvalue weighted by molar-refractivity contribution is 5.68. The lowest BCUT2D eigenvalue weighted by Crippen LogP contribution is -2.37.